The van der Waals surface area contributed by atoms with Crippen LogP contribution >= 0.6 is 23.5 Å². The van der Waals surface area contributed by atoms with Crippen LogP contribution in [-0.2, 0) is 19.2 Å². The molecule has 12 nitrogen and oxygen atoms in total. The summed E-state index contributed by atoms with van der Waals surface area (Å²) in [4.78, 5) is 59.0. The largest absolute Gasteiger partial charge is 0.550 e. The number of carbonyl (C=O) groups excluding carboxylic acids is 4. The molecule has 0 saturated carbocycles. The Labute approximate surface area is 218 Å². The second kappa shape index (κ2) is 9.39. The zero-order chi connectivity index (χ0) is 27.2. The van der Waals surface area contributed by atoms with Gasteiger partial charge in [-0.1, -0.05) is 23.5 Å². The summed E-state index contributed by atoms with van der Waals surface area (Å²) in [5, 5.41) is 11.9. The van der Waals surface area contributed by atoms with Crippen LogP contribution in [0.4, 0.5) is 11.4 Å². The lowest BCUT2D eigenvalue weighted by atomic mass is 10.1. The lowest BCUT2D eigenvalue weighted by molar-refractivity contribution is -0.133. The summed E-state index contributed by atoms with van der Waals surface area (Å²) in [5.74, 6) is -2.98. The average Bonchev–Trinajstić information content (AvgIpc) is 3.35. The molecule has 1 N–H and O–H groups in total. The fourth-order valence-corrected chi connectivity index (χ4v) is 6.15. The van der Waals surface area contributed by atoms with Gasteiger partial charge in [-0.25, -0.2) is 0 Å². The standard InChI is InChI=1S/C23H14N6O6S2/c1-9(30)34-15-13-17(36-22(28(13)5)12-7-11(8-24)20(32)27-21(12)33)16(35-10(2)31)14-18(15)37-23(29(14)6)19(25-3)26-4/h7H,1-2,5-6H3,(H,27,32,33)/b22-12+. The summed E-state index contributed by atoms with van der Waals surface area (Å²) in [7, 11) is 3.15. The van der Waals surface area contributed by atoms with Gasteiger partial charge in [0, 0.05) is 27.9 Å². The minimum absolute atomic E-state index is 0.00690. The van der Waals surface area contributed by atoms with Crippen LogP contribution in [0, 0.1) is 24.5 Å². The molecule has 0 unspecified atom stereocenters. The molecule has 0 fully saturated rings. The first-order valence-corrected chi connectivity index (χ1v) is 11.8. The number of nitrogens with one attached hydrogen (secondary N) is 1. The van der Waals surface area contributed by atoms with Crippen molar-refractivity contribution in [1.82, 2.24) is 5.32 Å². The lowest BCUT2D eigenvalue weighted by Crippen LogP contribution is -2.37. The molecule has 4 rings (SSSR count). The minimum atomic E-state index is -0.826. The number of fused-ring (bicyclic) bond motifs is 2. The number of thioether (sulfide) groups is 2. The van der Waals surface area contributed by atoms with Crippen molar-refractivity contribution in [3.05, 3.63) is 55.9 Å². The zero-order valence-corrected chi connectivity index (χ0v) is 21.2. The van der Waals surface area contributed by atoms with Crippen molar-refractivity contribution in [2.75, 3.05) is 23.9 Å². The number of benzene rings is 1. The zero-order valence-electron chi connectivity index (χ0n) is 19.6. The van der Waals surface area contributed by atoms with Gasteiger partial charge >= 0.3 is 17.8 Å². The van der Waals surface area contributed by atoms with Crippen molar-refractivity contribution in [3.8, 4) is 17.6 Å². The first-order chi connectivity index (χ1) is 17.5. The molecule has 184 valence electrons. The van der Waals surface area contributed by atoms with Crippen molar-refractivity contribution in [2.24, 2.45) is 0 Å². The van der Waals surface area contributed by atoms with Crippen molar-refractivity contribution in [2.45, 2.75) is 23.6 Å². The average molecular weight is 535 g/mol. The van der Waals surface area contributed by atoms with Crippen LogP contribution in [0.5, 0.6) is 11.5 Å². The predicted molar refractivity (Wildman–Crippen MR) is 132 cm³/mol. The van der Waals surface area contributed by atoms with Gasteiger partial charge in [-0.2, -0.15) is 15.0 Å². The maximum Gasteiger partial charge on any atom is 0.550 e. The fourth-order valence-electron chi connectivity index (χ4n) is 3.75. The Morgan fingerprint density at radius 1 is 0.973 bits per heavy atom. The first kappa shape index (κ1) is 25.4. The fraction of sp³-hybridized carbons (Fsp3) is 0.174. The smallest absolute Gasteiger partial charge is 0.423 e. The SMILES string of the molecule is [C-]#[N+]C([N+]#[C-])=C1Sc2c(OC(C)=O)c3c(c(OC(C)=O)c2N1C)S/C(=C1\C=C(C#N)C(=O)NC1=O)N3C. The maximum absolute atomic E-state index is 12.7. The van der Waals surface area contributed by atoms with Crippen LogP contribution in [0.2, 0.25) is 0 Å². The van der Waals surface area contributed by atoms with E-state index in [1.165, 1.54) is 23.6 Å². The van der Waals surface area contributed by atoms with E-state index in [-0.39, 0.29) is 44.2 Å². The molecule has 0 spiro atoms. The molecule has 3 aliphatic heterocycles. The number of anilines is 2. The molecule has 2 amide bonds. The molecule has 0 saturated heterocycles. The van der Waals surface area contributed by atoms with Crippen LogP contribution in [0.15, 0.2) is 42.9 Å². The van der Waals surface area contributed by atoms with E-state index in [0.717, 1.165) is 29.6 Å². The summed E-state index contributed by atoms with van der Waals surface area (Å²) in [6, 6.07) is 1.74. The summed E-state index contributed by atoms with van der Waals surface area (Å²) >= 11 is 2.01. The van der Waals surface area contributed by atoms with Gasteiger partial charge in [0.2, 0.25) is 0 Å². The van der Waals surface area contributed by atoms with Crippen molar-refractivity contribution >= 4 is 58.7 Å². The molecule has 1 aromatic rings. The Hall–Kier alpha value is -4.71. The number of hydrogen-bond donors (Lipinski definition) is 1. The van der Waals surface area contributed by atoms with E-state index in [2.05, 4.69) is 15.0 Å². The molecule has 0 aromatic heterocycles. The first-order valence-electron chi connectivity index (χ1n) is 10.2. The van der Waals surface area contributed by atoms with E-state index in [9.17, 15) is 24.4 Å². The highest BCUT2D eigenvalue weighted by Gasteiger charge is 2.44. The van der Waals surface area contributed by atoms with E-state index in [1.807, 2.05) is 0 Å². The summed E-state index contributed by atoms with van der Waals surface area (Å²) < 4.78 is 11.2. The monoisotopic (exact) mass is 534 g/mol. The molecule has 0 bridgehead atoms. The number of carbonyl (C=O) groups is 4. The van der Waals surface area contributed by atoms with E-state index in [1.54, 1.807) is 20.2 Å². The van der Waals surface area contributed by atoms with Crippen molar-refractivity contribution in [1.29, 1.82) is 5.26 Å². The second-order valence-electron chi connectivity index (χ2n) is 7.55. The molecule has 14 heteroatoms. The molecule has 3 aliphatic rings. The number of nitrogens with zero attached hydrogens (tertiary/aromatic N) is 5. The summed E-state index contributed by atoms with van der Waals surface area (Å²) in [6.07, 6.45) is 1.16. The number of ether oxygens (including phenoxy) is 2. The lowest BCUT2D eigenvalue weighted by Gasteiger charge is -2.22. The second-order valence-corrected chi connectivity index (χ2v) is 9.55. The van der Waals surface area contributed by atoms with Crippen molar-refractivity contribution in [3.63, 3.8) is 0 Å². The van der Waals surface area contributed by atoms with Gasteiger partial charge in [0.25, 0.3) is 11.8 Å². The number of rotatable bonds is 2. The molecule has 1 aromatic carbocycles. The third kappa shape index (κ3) is 4.06. The van der Waals surface area contributed by atoms with E-state index in [0.29, 0.717) is 15.5 Å². The summed E-state index contributed by atoms with van der Waals surface area (Å²) in [5.41, 5.74) is 0.306. The molecule has 37 heavy (non-hydrogen) atoms. The maximum atomic E-state index is 12.7. The third-order valence-corrected chi connectivity index (χ3v) is 7.70. The van der Waals surface area contributed by atoms with Crippen molar-refractivity contribution < 1.29 is 28.7 Å². The van der Waals surface area contributed by atoms with E-state index in [4.69, 9.17) is 22.6 Å². The Morgan fingerprint density at radius 2 is 1.51 bits per heavy atom. The van der Waals surface area contributed by atoms with Gasteiger partial charge in [-0.3, -0.25) is 24.5 Å². The van der Waals surface area contributed by atoms with Crippen LogP contribution in [0.25, 0.3) is 9.69 Å². The van der Waals surface area contributed by atoms with Gasteiger partial charge in [-0.05, 0) is 6.08 Å². The quantitative estimate of drug-likeness (QED) is 0.197. The Balaban J connectivity index is 2.06. The van der Waals surface area contributed by atoms with E-state index >= 15 is 0 Å². The molecular weight excluding hydrogens is 520 g/mol. The number of imide groups is 1. The van der Waals surface area contributed by atoms with Crippen LogP contribution in [0.1, 0.15) is 13.8 Å². The Morgan fingerprint density at radius 3 is 2.03 bits per heavy atom. The molecule has 0 aliphatic carbocycles. The predicted octanol–water partition coefficient (Wildman–Crippen LogP) is 2.90. The molecular formula is C23H14N6O6S2. The van der Waals surface area contributed by atoms with Crippen LogP contribution in [0.3, 0.4) is 0 Å². The van der Waals surface area contributed by atoms with Gasteiger partial charge in [0.15, 0.2) is 16.5 Å². The number of amides is 2. The number of esters is 2. The molecule has 0 radical (unpaired) electrons. The number of hydrogen-bond acceptors (Lipinski definition) is 11. The molecule has 3 heterocycles. The summed E-state index contributed by atoms with van der Waals surface area (Å²) in [6.45, 7) is 17.1. The highest BCUT2D eigenvalue weighted by atomic mass is 32.2. The van der Waals surface area contributed by atoms with Gasteiger partial charge < -0.3 is 19.3 Å². The highest BCUT2D eigenvalue weighted by molar-refractivity contribution is 8.04. The minimum Gasteiger partial charge on any atom is -0.423 e. The number of nitriles is 1. The normalized spacial score (nSPS) is 17.6. The Kier molecular flexibility index (Phi) is 6.44. The molecule has 0 atom stereocenters. The van der Waals surface area contributed by atoms with E-state index < -0.39 is 23.8 Å². The highest BCUT2D eigenvalue weighted by Crippen LogP contribution is 2.66. The van der Waals surface area contributed by atoms with Crippen LogP contribution in [-0.4, -0.2) is 37.8 Å². The Bertz CT molecular complexity index is 1540. The third-order valence-electron chi connectivity index (χ3n) is 5.20. The van der Waals surface area contributed by atoms with Gasteiger partial charge in [0.1, 0.15) is 36.2 Å². The van der Waals surface area contributed by atoms with Crippen LogP contribution < -0.4 is 24.6 Å². The van der Waals surface area contributed by atoms with Gasteiger partial charge in [0.05, 0.1) is 20.4 Å². The topological polar surface area (TPSA) is 138 Å². The van der Waals surface area contributed by atoms with Gasteiger partial charge in [-0.15, -0.1) is 0 Å².